The molecule has 1 amide bonds. The Labute approximate surface area is 152 Å². The maximum atomic E-state index is 12.8. The lowest BCUT2D eigenvalue weighted by Gasteiger charge is -2.14. The molecule has 0 unspecified atom stereocenters. The third-order valence-electron chi connectivity index (χ3n) is 4.10. The van der Waals surface area contributed by atoms with E-state index in [-0.39, 0.29) is 5.91 Å². The summed E-state index contributed by atoms with van der Waals surface area (Å²) in [6.45, 7) is 1.81. The normalized spacial score (nSPS) is 15.2. The number of methoxy groups -OCH3 is 3. The topological polar surface area (TPSA) is 60.4 Å². The molecule has 26 heavy (non-hydrogen) atoms. The lowest BCUT2D eigenvalue weighted by atomic mass is 10.1. The lowest BCUT2D eigenvalue weighted by molar-refractivity contribution is -0.114. The molecular weight excluding hydrogens is 332 g/mol. The van der Waals surface area contributed by atoms with E-state index in [0.29, 0.717) is 34.1 Å². The highest BCUT2D eigenvalue weighted by Gasteiger charge is 2.29. The van der Waals surface area contributed by atoms with Crippen LogP contribution in [0.15, 0.2) is 53.1 Å². The summed E-state index contributed by atoms with van der Waals surface area (Å²) in [5.74, 6) is 1.34. The largest absolute Gasteiger partial charge is 0.493 e. The quantitative estimate of drug-likeness (QED) is 0.773. The number of para-hydroxylation sites is 1. The van der Waals surface area contributed by atoms with Crippen molar-refractivity contribution in [2.45, 2.75) is 6.92 Å². The fraction of sp³-hybridized carbons (Fsp3) is 0.200. The van der Waals surface area contributed by atoms with E-state index in [1.165, 1.54) is 5.01 Å². The summed E-state index contributed by atoms with van der Waals surface area (Å²) in [6.07, 6.45) is 1.75. The fourth-order valence-electron chi connectivity index (χ4n) is 2.82. The van der Waals surface area contributed by atoms with Gasteiger partial charge in [0, 0.05) is 5.56 Å². The number of rotatable bonds is 5. The Morgan fingerprint density at radius 3 is 2.23 bits per heavy atom. The highest BCUT2D eigenvalue weighted by Crippen LogP contribution is 2.41. The summed E-state index contributed by atoms with van der Waals surface area (Å²) in [5.41, 5.74) is 2.56. The Hall–Kier alpha value is -3.28. The number of hydrazone groups is 1. The number of carbonyl (C=O) groups excluding carboxylic acids is 1. The van der Waals surface area contributed by atoms with Crippen LogP contribution in [0.5, 0.6) is 17.2 Å². The van der Waals surface area contributed by atoms with Crippen LogP contribution in [0.4, 0.5) is 5.69 Å². The van der Waals surface area contributed by atoms with Gasteiger partial charge in [0.1, 0.15) is 0 Å². The van der Waals surface area contributed by atoms with Crippen LogP contribution in [0.1, 0.15) is 12.5 Å². The molecule has 0 radical (unpaired) electrons. The first-order chi connectivity index (χ1) is 12.6. The van der Waals surface area contributed by atoms with E-state index in [4.69, 9.17) is 14.2 Å². The molecule has 1 aliphatic rings. The summed E-state index contributed by atoms with van der Waals surface area (Å²) >= 11 is 0. The molecule has 0 N–H and O–H groups in total. The van der Waals surface area contributed by atoms with Gasteiger partial charge >= 0.3 is 0 Å². The Bertz CT molecular complexity index is 888. The van der Waals surface area contributed by atoms with Gasteiger partial charge in [0.2, 0.25) is 5.75 Å². The molecule has 6 nitrogen and oxygen atoms in total. The molecule has 0 aromatic heterocycles. The summed E-state index contributed by atoms with van der Waals surface area (Å²) in [5, 5.41) is 5.78. The average molecular weight is 352 g/mol. The van der Waals surface area contributed by atoms with Gasteiger partial charge in [0.05, 0.1) is 38.3 Å². The number of amides is 1. The number of carbonyl (C=O) groups is 1. The van der Waals surface area contributed by atoms with E-state index in [1.54, 1.807) is 40.4 Å². The zero-order valence-corrected chi connectivity index (χ0v) is 15.1. The standard InChI is InChI=1S/C20H20N2O4/c1-13-16(20(23)22(21-13)15-8-6-5-7-9-15)12-14-10-11-17(24-2)19(26-4)18(14)25-3/h5-12H,1-4H3/b16-12-. The Morgan fingerprint density at radius 2 is 1.62 bits per heavy atom. The molecular formula is C20H20N2O4. The number of nitrogens with zero attached hydrogens (tertiary/aromatic N) is 2. The van der Waals surface area contributed by atoms with Gasteiger partial charge in [0.25, 0.3) is 5.91 Å². The molecule has 0 saturated carbocycles. The van der Waals surface area contributed by atoms with Crippen LogP contribution in [-0.4, -0.2) is 32.9 Å². The van der Waals surface area contributed by atoms with Gasteiger partial charge in [0.15, 0.2) is 11.5 Å². The monoisotopic (exact) mass is 352 g/mol. The number of hydrogen-bond donors (Lipinski definition) is 0. The maximum Gasteiger partial charge on any atom is 0.280 e. The van der Waals surface area contributed by atoms with Gasteiger partial charge in [-0.2, -0.15) is 10.1 Å². The van der Waals surface area contributed by atoms with Crippen molar-refractivity contribution in [3.63, 3.8) is 0 Å². The minimum Gasteiger partial charge on any atom is -0.493 e. The number of benzene rings is 2. The van der Waals surface area contributed by atoms with Gasteiger partial charge in [-0.1, -0.05) is 18.2 Å². The molecule has 0 saturated heterocycles. The summed E-state index contributed by atoms with van der Waals surface area (Å²) < 4.78 is 16.2. The minimum absolute atomic E-state index is 0.189. The lowest BCUT2D eigenvalue weighted by Crippen LogP contribution is -2.21. The molecule has 1 heterocycles. The second kappa shape index (κ2) is 7.31. The highest BCUT2D eigenvalue weighted by atomic mass is 16.5. The van der Waals surface area contributed by atoms with Gasteiger partial charge in [-0.3, -0.25) is 4.79 Å². The fourth-order valence-corrected chi connectivity index (χ4v) is 2.82. The van der Waals surface area contributed by atoms with Crippen LogP contribution in [0, 0.1) is 0 Å². The van der Waals surface area contributed by atoms with Crippen LogP contribution in [0.2, 0.25) is 0 Å². The van der Waals surface area contributed by atoms with Crippen molar-refractivity contribution in [1.29, 1.82) is 0 Å². The average Bonchev–Trinajstić information content (AvgIpc) is 2.96. The predicted octanol–water partition coefficient (Wildman–Crippen LogP) is 3.52. The molecule has 0 fully saturated rings. The van der Waals surface area contributed by atoms with E-state index in [0.717, 1.165) is 5.69 Å². The van der Waals surface area contributed by atoms with E-state index in [2.05, 4.69) is 5.10 Å². The number of anilines is 1. The van der Waals surface area contributed by atoms with Crippen LogP contribution >= 0.6 is 0 Å². The summed E-state index contributed by atoms with van der Waals surface area (Å²) in [4.78, 5) is 12.8. The smallest absolute Gasteiger partial charge is 0.280 e. The van der Waals surface area contributed by atoms with Crippen molar-refractivity contribution < 1.29 is 19.0 Å². The van der Waals surface area contributed by atoms with E-state index in [9.17, 15) is 4.79 Å². The first kappa shape index (κ1) is 17.5. The van der Waals surface area contributed by atoms with E-state index in [1.807, 2.05) is 36.4 Å². The molecule has 1 aliphatic heterocycles. The number of hydrogen-bond acceptors (Lipinski definition) is 5. The van der Waals surface area contributed by atoms with Crippen molar-refractivity contribution in [2.75, 3.05) is 26.3 Å². The van der Waals surface area contributed by atoms with Crippen LogP contribution in [0.25, 0.3) is 6.08 Å². The van der Waals surface area contributed by atoms with Crippen molar-refractivity contribution in [3.8, 4) is 17.2 Å². The molecule has 2 aromatic carbocycles. The zero-order chi connectivity index (χ0) is 18.7. The van der Waals surface area contributed by atoms with E-state index < -0.39 is 0 Å². The van der Waals surface area contributed by atoms with Crippen molar-refractivity contribution in [1.82, 2.24) is 0 Å². The van der Waals surface area contributed by atoms with Crippen molar-refractivity contribution >= 4 is 23.4 Å². The Balaban J connectivity index is 2.03. The van der Waals surface area contributed by atoms with Gasteiger partial charge in [-0.05, 0) is 37.3 Å². The summed E-state index contributed by atoms with van der Waals surface area (Å²) in [7, 11) is 4.65. The molecule has 3 rings (SSSR count). The highest BCUT2D eigenvalue weighted by molar-refractivity contribution is 6.32. The van der Waals surface area contributed by atoms with Crippen molar-refractivity contribution in [2.24, 2.45) is 5.10 Å². The van der Waals surface area contributed by atoms with Crippen molar-refractivity contribution in [3.05, 3.63) is 53.6 Å². The molecule has 6 heteroatoms. The Morgan fingerprint density at radius 1 is 0.923 bits per heavy atom. The van der Waals surface area contributed by atoms with Gasteiger partial charge in [-0.15, -0.1) is 0 Å². The second-order valence-corrected chi connectivity index (χ2v) is 5.62. The first-order valence-electron chi connectivity index (χ1n) is 8.06. The second-order valence-electron chi connectivity index (χ2n) is 5.62. The molecule has 134 valence electrons. The van der Waals surface area contributed by atoms with Crippen LogP contribution in [-0.2, 0) is 4.79 Å². The third-order valence-corrected chi connectivity index (χ3v) is 4.10. The maximum absolute atomic E-state index is 12.8. The van der Waals surface area contributed by atoms with E-state index >= 15 is 0 Å². The van der Waals surface area contributed by atoms with Crippen LogP contribution < -0.4 is 19.2 Å². The molecule has 0 bridgehead atoms. The van der Waals surface area contributed by atoms with Crippen LogP contribution in [0.3, 0.4) is 0 Å². The number of ether oxygens (including phenoxy) is 3. The molecule has 2 aromatic rings. The summed E-state index contributed by atoms with van der Waals surface area (Å²) in [6, 6.07) is 12.9. The van der Waals surface area contributed by atoms with Gasteiger partial charge in [-0.25, -0.2) is 0 Å². The molecule has 0 aliphatic carbocycles. The Kier molecular flexibility index (Phi) is 4.93. The molecule has 0 atom stereocenters. The molecule has 0 spiro atoms. The zero-order valence-electron chi connectivity index (χ0n) is 15.1. The van der Waals surface area contributed by atoms with Gasteiger partial charge < -0.3 is 14.2 Å². The third kappa shape index (κ3) is 3.01. The minimum atomic E-state index is -0.189. The SMILES string of the molecule is COc1ccc(/C=C2\C(=O)N(c3ccccc3)N=C2C)c(OC)c1OC. The first-order valence-corrected chi connectivity index (χ1v) is 8.06. The predicted molar refractivity (Wildman–Crippen MR) is 101 cm³/mol.